The van der Waals surface area contributed by atoms with Crippen molar-refractivity contribution in [2.75, 3.05) is 0 Å². The predicted molar refractivity (Wildman–Crippen MR) is 75.6 cm³/mol. The molecule has 5 nitrogen and oxygen atoms in total. The molecule has 0 aliphatic heterocycles. The summed E-state index contributed by atoms with van der Waals surface area (Å²) in [5, 5.41) is 13.1. The summed E-state index contributed by atoms with van der Waals surface area (Å²) >= 11 is 0. The standard InChI is InChI=1S/C15H16N2O3/c1-4-11-8-17(16-13(14(11)18)15(19)20)12-7-5-6-9(2)10(12)3/h5-8H,4H2,1-3H3,(H,19,20). The quantitative estimate of drug-likeness (QED) is 0.928. The molecule has 0 unspecified atom stereocenters. The van der Waals surface area contributed by atoms with Gasteiger partial charge in [-0.15, -0.1) is 0 Å². The van der Waals surface area contributed by atoms with E-state index >= 15 is 0 Å². The molecule has 0 fully saturated rings. The van der Waals surface area contributed by atoms with Crippen LogP contribution in [0.4, 0.5) is 0 Å². The molecule has 0 aliphatic rings. The first kappa shape index (κ1) is 14.0. The van der Waals surface area contributed by atoms with Crippen molar-refractivity contribution >= 4 is 5.97 Å². The van der Waals surface area contributed by atoms with Crippen LogP contribution in [0.1, 0.15) is 34.1 Å². The van der Waals surface area contributed by atoms with Gasteiger partial charge in [-0.1, -0.05) is 19.1 Å². The molecule has 1 N–H and O–H groups in total. The lowest BCUT2D eigenvalue weighted by Crippen LogP contribution is -2.24. The molecule has 0 saturated heterocycles. The molecule has 2 aromatic rings. The maximum absolute atomic E-state index is 11.9. The van der Waals surface area contributed by atoms with Crippen LogP contribution < -0.4 is 5.43 Å². The summed E-state index contributed by atoms with van der Waals surface area (Å²) < 4.78 is 1.48. The van der Waals surface area contributed by atoms with Gasteiger partial charge in [-0.3, -0.25) is 4.79 Å². The van der Waals surface area contributed by atoms with Gasteiger partial charge in [0.15, 0.2) is 0 Å². The normalized spacial score (nSPS) is 10.6. The highest BCUT2D eigenvalue weighted by molar-refractivity contribution is 5.85. The van der Waals surface area contributed by atoms with Crippen molar-refractivity contribution in [1.29, 1.82) is 0 Å². The number of aromatic nitrogens is 2. The summed E-state index contributed by atoms with van der Waals surface area (Å²) in [5.41, 5.74) is 2.35. The molecule has 0 spiro atoms. The zero-order chi connectivity index (χ0) is 14.9. The number of aromatic carboxylic acids is 1. The fraction of sp³-hybridized carbons (Fsp3) is 0.267. The Labute approximate surface area is 116 Å². The Morgan fingerprint density at radius 3 is 2.65 bits per heavy atom. The van der Waals surface area contributed by atoms with E-state index in [4.69, 9.17) is 5.11 Å². The van der Waals surface area contributed by atoms with Crippen molar-refractivity contribution in [3.8, 4) is 5.69 Å². The highest BCUT2D eigenvalue weighted by atomic mass is 16.4. The van der Waals surface area contributed by atoms with Crippen LogP contribution in [0.25, 0.3) is 5.69 Å². The van der Waals surface area contributed by atoms with Gasteiger partial charge in [0.25, 0.3) is 0 Å². The Hall–Kier alpha value is -2.43. The second-order valence-corrected chi connectivity index (χ2v) is 4.65. The lowest BCUT2D eigenvalue weighted by molar-refractivity contribution is 0.0686. The van der Waals surface area contributed by atoms with Gasteiger partial charge in [0.1, 0.15) is 0 Å². The highest BCUT2D eigenvalue weighted by Crippen LogP contribution is 2.16. The third-order valence-corrected chi connectivity index (χ3v) is 3.40. The minimum absolute atomic E-state index is 0.440. The van der Waals surface area contributed by atoms with E-state index in [1.165, 1.54) is 4.68 Å². The lowest BCUT2D eigenvalue weighted by atomic mass is 10.1. The van der Waals surface area contributed by atoms with E-state index < -0.39 is 17.1 Å². The molecular formula is C15H16N2O3. The van der Waals surface area contributed by atoms with Crippen LogP contribution in [-0.4, -0.2) is 20.9 Å². The van der Waals surface area contributed by atoms with Gasteiger partial charge < -0.3 is 5.11 Å². The molecule has 0 radical (unpaired) electrons. The zero-order valence-electron chi connectivity index (χ0n) is 11.7. The SMILES string of the molecule is CCc1cn(-c2cccc(C)c2C)nc(C(=O)O)c1=O. The van der Waals surface area contributed by atoms with Crippen LogP contribution in [0.3, 0.4) is 0 Å². The van der Waals surface area contributed by atoms with Crippen molar-refractivity contribution in [2.45, 2.75) is 27.2 Å². The maximum Gasteiger partial charge on any atom is 0.360 e. The first-order valence-corrected chi connectivity index (χ1v) is 6.38. The minimum atomic E-state index is -1.30. The fourth-order valence-electron chi connectivity index (χ4n) is 2.04. The molecule has 0 amide bonds. The Morgan fingerprint density at radius 2 is 2.05 bits per heavy atom. The number of carbonyl (C=O) groups is 1. The van der Waals surface area contributed by atoms with Crippen LogP contribution in [0.5, 0.6) is 0 Å². The average Bonchev–Trinajstić information content (AvgIpc) is 2.42. The molecule has 5 heteroatoms. The Balaban J connectivity index is 2.75. The van der Waals surface area contributed by atoms with E-state index in [2.05, 4.69) is 5.10 Å². The predicted octanol–water partition coefficient (Wildman–Crippen LogP) is 2.11. The summed E-state index contributed by atoms with van der Waals surface area (Å²) in [4.78, 5) is 23.1. The third-order valence-electron chi connectivity index (χ3n) is 3.40. The topological polar surface area (TPSA) is 72.2 Å². The van der Waals surface area contributed by atoms with Crippen molar-refractivity contribution in [3.05, 3.63) is 57.0 Å². The van der Waals surface area contributed by atoms with Gasteiger partial charge in [-0.2, -0.15) is 5.10 Å². The van der Waals surface area contributed by atoms with Gasteiger partial charge >= 0.3 is 5.97 Å². The van der Waals surface area contributed by atoms with Crippen molar-refractivity contribution < 1.29 is 9.90 Å². The van der Waals surface area contributed by atoms with Gasteiger partial charge in [0.05, 0.1) is 5.69 Å². The second kappa shape index (κ2) is 5.28. The molecular weight excluding hydrogens is 256 g/mol. The monoisotopic (exact) mass is 272 g/mol. The second-order valence-electron chi connectivity index (χ2n) is 4.65. The Morgan fingerprint density at radius 1 is 1.35 bits per heavy atom. The number of carboxylic acids is 1. The molecule has 1 aromatic heterocycles. The van der Waals surface area contributed by atoms with Crippen molar-refractivity contribution in [2.24, 2.45) is 0 Å². The lowest BCUT2D eigenvalue weighted by Gasteiger charge is -2.12. The third kappa shape index (κ3) is 2.34. The molecule has 0 saturated carbocycles. The number of benzene rings is 1. The fourth-order valence-corrected chi connectivity index (χ4v) is 2.04. The van der Waals surface area contributed by atoms with E-state index in [-0.39, 0.29) is 0 Å². The number of rotatable bonds is 3. The number of carboxylic acid groups (broad SMARTS) is 1. The highest BCUT2D eigenvalue weighted by Gasteiger charge is 2.16. The first-order chi connectivity index (χ1) is 9.45. The van der Waals surface area contributed by atoms with Gasteiger partial charge in [0, 0.05) is 11.8 Å². The van der Waals surface area contributed by atoms with E-state index in [9.17, 15) is 9.59 Å². The molecule has 1 heterocycles. The largest absolute Gasteiger partial charge is 0.476 e. The van der Waals surface area contributed by atoms with E-state index in [1.54, 1.807) is 6.20 Å². The van der Waals surface area contributed by atoms with Crippen LogP contribution in [0.15, 0.2) is 29.2 Å². The summed E-state index contributed by atoms with van der Waals surface area (Å²) in [5.74, 6) is -1.30. The smallest absolute Gasteiger partial charge is 0.360 e. The first-order valence-electron chi connectivity index (χ1n) is 6.38. The van der Waals surface area contributed by atoms with E-state index in [0.717, 1.165) is 16.8 Å². The molecule has 2 rings (SSSR count). The minimum Gasteiger partial charge on any atom is -0.476 e. The molecule has 0 atom stereocenters. The number of hydrogen-bond acceptors (Lipinski definition) is 3. The van der Waals surface area contributed by atoms with Crippen LogP contribution in [-0.2, 0) is 6.42 Å². The summed E-state index contributed by atoms with van der Waals surface area (Å²) in [7, 11) is 0. The zero-order valence-corrected chi connectivity index (χ0v) is 11.7. The van der Waals surface area contributed by atoms with Crippen molar-refractivity contribution in [1.82, 2.24) is 9.78 Å². The summed E-state index contributed by atoms with van der Waals surface area (Å²) in [6, 6.07) is 5.70. The van der Waals surface area contributed by atoms with Crippen LogP contribution >= 0.6 is 0 Å². The van der Waals surface area contributed by atoms with E-state index in [0.29, 0.717) is 12.0 Å². The number of hydrogen-bond donors (Lipinski definition) is 1. The number of aryl methyl sites for hydroxylation is 2. The van der Waals surface area contributed by atoms with Gasteiger partial charge in [-0.05, 0) is 37.5 Å². The molecule has 1 aromatic carbocycles. The number of nitrogens with zero attached hydrogens (tertiary/aromatic N) is 2. The molecule has 104 valence electrons. The molecule has 20 heavy (non-hydrogen) atoms. The van der Waals surface area contributed by atoms with Crippen LogP contribution in [0, 0.1) is 13.8 Å². The van der Waals surface area contributed by atoms with Crippen LogP contribution in [0.2, 0.25) is 0 Å². The molecule has 0 aliphatic carbocycles. The summed E-state index contributed by atoms with van der Waals surface area (Å²) in [6.45, 7) is 5.73. The Kier molecular flexibility index (Phi) is 3.70. The van der Waals surface area contributed by atoms with Crippen molar-refractivity contribution in [3.63, 3.8) is 0 Å². The van der Waals surface area contributed by atoms with E-state index in [1.807, 2.05) is 39.0 Å². The maximum atomic E-state index is 11.9. The van der Waals surface area contributed by atoms with Gasteiger partial charge in [-0.25, -0.2) is 9.48 Å². The average molecular weight is 272 g/mol. The molecule has 0 bridgehead atoms. The summed E-state index contributed by atoms with van der Waals surface area (Å²) in [6.07, 6.45) is 2.07. The Bertz CT molecular complexity index is 732. The van der Waals surface area contributed by atoms with Gasteiger partial charge in [0.2, 0.25) is 11.1 Å².